The number of nitrogens with zero attached hydrogens (tertiary/aromatic N) is 3. The Bertz CT molecular complexity index is 902. The summed E-state index contributed by atoms with van der Waals surface area (Å²) >= 11 is 0. The molecule has 8 heteroatoms. The molecule has 1 aliphatic carbocycles. The summed E-state index contributed by atoms with van der Waals surface area (Å²) in [6.45, 7) is 4.86. The lowest BCUT2D eigenvalue weighted by Crippen LogP contribution is -2.75. The van der Waals surface area contributed by atoms with Crippen LogP contribution >= 0.6 is 12.4 Å². The fraction of sp³-hybridized carbons (Fsp3) is 0.667. The standard InChI is InChI=1S/C27H38N4O3.ClH/c1-2-3-15-31-25(33)23(24(32)22-7-5-4-6-8-22)29-26(34)27(31)13-16-30(17-14-27)19-21-11-9-20(18-28)10-12-21;/h9-12,22-24,32H,2-8,13-17,19H2,1H3,(H,29,34);1H/t23-,24-;/m1./s1. The molecule has 2 N–H and O–H groups in total. The predicted molar refractivity (Wildman–Crippen MR) is 137 cm³/mol. The maximum atomic E-state index is 13.7. The lowest BCUT2D eigenvalue weighted by Gasteiger charge is -2.52. The van der Waals surface area contributed by atoms with Gasteiger partial charge in [0.25, 0.3) is 0 Å². The SMILES string of the molecule is CCCCN1C(=O)[C@@H]([C@H](O)C2CCCCC2)NC(=O)C12CCN(Cc1ccc(C#N)cc1)CC2.Cl. The zero-order chi connectivity index (χ0) is 24.1. The number of hydrogen-bond acceptors (Lipinski definition) is 5. The monoisotopic (exact) mass is 502 g/mol. The number of piperazine rings is 1. The molecule has 2 aliphatic heterocycles. The average molecular weight is 503 g/mol. The minimum atomic E-state index is -0.824. The molecule has 0 aromatic heterocycles. The molecule has 35 heavy (non-hydrogen) atoms. The molecule has 0 radical (unpaired) electrons. The molecule has 3 aliphatic rings. The number of rotatable bonds is 7. The highest BCUT2D eigenvalue weighted by Crippen LogP contribution is 2.36. The molecule has 1 aromatic rings. The molecule has 2 heterocycles. The van der Waals surface area contributed by atoms with E-state index < -0.39 is 17.7 Å². The first kappa shape index (κ1) is 27.4. The second-order valence-corrected chi connectivity index (χ2v) is 10.3. The Balaban J connectivity index is 0.00000342. The fourth-order valence-corrected chi connectivity index (χ4v) is 5.98. The van der Waals surface area contributed by atoms with E-state index in [0.717, 1.165) is 63.7 Å². The molecule has 4 rings (SSSR count). The topological polar surface area (TPSA) is 96.7 Å². The van der Waals surface area contributed by atoms with Gasteiger partial charge in [-0.1, -0.05) is 44.7 Å². The molecule has 1 saturated carbocycles. The smallest absolute Gasteiger partial charge is 0.248 e. The normalized spacial score (nSPS) is 23.9. The van der Waals surface area contributed by atoms with Crippen molar-refractivity contribution >= 4 is 24.2 Å². The number of carbonyl (C=O) groups excluding carboxylic acids is 2. The van der Waals surface area contributed by atoms with E-state index in [1.165, 1.54) is 6.42 Å². The quantitative estimate of drug-likeness (QED) is 0.595. The second-order valence-electron chi connectivity index (χ2n) is 10.3. The number of likely N-dealkylation sites (tertiary alicyclic amines) is 1. The first-order chi connectivity index (χ1) is 16.5. The van der Waals surface area contributed by atoms with Crippen molar-refractivity contribution < 1.29 is 14.7 Å². The van der Waals surface area contributed by atoms with Gasteiger partial charge in [0.15, 0.2) is 0 Å². The number of carbonyl (C=O) groups is 2. The first-order valence-corrected chi connectivity index (χ1v) is 13.0. The molecule has 7 nitrogen and oxygen atoms in total. The number of aliphatic hydroxyl groups excluding tert-OH is 1. The van der Waals surface area contributed by atoms with E-state index in [2.05, 4.69) is 23.2 Å². The third-order valence-corrected chi connectivity index (χ3v) is 8.14. The second kappa shape index (κ2) is 12.2. The first-order valence-electron chi connectivity index (χ1n) is 13.0. The van der Waals surface area contributed by atoms with Crippen LogP contribution in [0, 0.1) is 17.2 Å². The number of aliphatic hydroxyl groups is 1. The van der Waals surface area contributed by atoms with E-state index in [0.29, 0.717) is 24.9 Å². The van der Waals surface area contributed by atoms with Gasteiger partial charge < -0.3 is 15.3 Å². The van der Waals surface area contributed by atoms with Gasteiger partial charge in [0.05, 0.1) is 17.7 Å². The number of piperidine rings is 1. The van der Waals surface area contributed by atoms with Crippen molar-refractivity contribution in [3.05, 3.63) is 35.4 Å². The highest BCUT2D eigenvalue weighted by molar-refractivity contribution is 6.00. The molecule has 1 spiro atoms. The Morgan fingerprint density at radius 3 is 2.40 bits per heavy atom. The van der Waals surface area contributed by atoms with E-state index in [4.69, 9.17) is 5.26 Å². The molecule has 1 aromatic carbocycles. The van der Waals surface area contributed by atoms with E-state index >= 15 is 0 Å². The van der Waals surface area contributed by atoms with Crippen LogP contribution in [0.4, 0.5) is 0 Å². The number of benzene rings is 1. The van der Waals surface area contributed by atoms with Gasteiger partial charge in [0, 0.05) is 26.2 Å². The van der Waals surface area contributed by atoms with Gasteiger partial charge in [0.2, 0.25) is 11.8 Å². The fourth-order valence-electron chi connectivity index (χ4n) is 5.98. The highest BCUT2D eigenvalue weighted by atomic mass is 35.5. The Kier molecular flexibility index (Phi) is 9.57. The van der Waals surface area contributed by atoms with Crippen molar-refractivity contribution in [3.63, 3.8) is 0 Å². The van der Waals surface area contributed by atoms with E-state index in [1.54, 1.807) is 0 Å². The number of hydrogen-bond donors (Lipinski definition) is 2. The molecule has 2 amide bonds. The largest absolute Gasteiger partial charge is 0.390 e. The van der Waals surface area contributed by atoms with Gasteiger partial charge in [-0.2, -0.15) is 5.26 Å². The predicted octanol–water partition coefficient (Wildman–Crippen LogP) is 3.38. The summed E-state index contributed by atoms with van der Waals surface area (Å²) < 4.78 is 0. The van der Waals surface area contributed by atoms with Crippen molar-refractivity contribution in [1.82, 2.24) is 15.1 Å². The van der Waals surface area contributed by atoms with Crippen LogP contribution in [0.3, 0.4) is 0 Å². The Hall–Kier alpha value is -2.14. The summed E-state index contributed by atoms with van der Waals surface area (Å²) in [5.41, 5.74) is 0.962. The van der Waals surface area contributed by atoms with Crippen LogP contribution in [0.5, 0.6) is 0 Å². The molecule has 2 atom stereocenters. The van der Waals surface area contributed by atoms with Crippen LogP contribution in [-0.4, -0.2) is 64.0 Å². The molecular weight excluding hydrogens is 464 g/mol. The van der Waals surface area contributed by atoms with Gasteiger partial charge in [0.1, 0.15) is 11.6 Å². The number of halogens is 1. The van der Waals surface area contributed by atoms with Crippen molar-refractivity contribution in [2.45, 2.75) is 88.9 Å². The third kappa shape index (κ3) is 5.82. The number of nitrogens with one attached hydrogen (secondary N) is 1. The van der Waals surface area contributed by atoms with Crippen molar-refractivity contribution in [3.8, 4) is 6.07 Å². The van der Waals surface area contributed by atoms with E-state index in [-0.39, 0.29) is 30.1 Å². The average Bonchev–Trinajstić information content (AvgIpc) is 2.88. The summed E-state index contributed by atoms with van der Waals surface area (Å²) in [7, 11) is 0. The van der Waals surface area contributed by atoms with E-state index in [1.807, 2.05) is 29.2 Å². The van der Waals surface area contributed by atoms with Gasteiger partial charge in [-0.25, -0.2) is 0 Å². The molecule has 0 unspecified atom stereocenters. The van der Waals surface area contributed by atoms with Gasteiger partial charge in [-0.3, -0.25) is 14.5 Å². The summed E-state index contributed by atoms with van der Waals surface area (Å²) in [5, 5.41) is 23.1. The lowest BCUT2D eigenvalue weighted by atomic mass is 9.78. The van der Waals surface area contributed by atoms with Crippen molar-refractivity contribution in [2.75, 3.05) is 19.6 Å². The Morgan fingerprint density at radius 2 is 1.80 bits per heavy atom. The molecule has 192 valence electrons. The zero-order valence-corrected chi connectivity index (χ0v) is 21.6. The van der Waals surface area contributed by atoms with Crippen LogP contribution in [0.25, 0.3) is 0 Å². The van der Waals surface area contributed by atoms with Crippen LogP contribution in [0.15, 0.2) is 24.3 Å². The number of amides is 2. The maximum absolute atomic E-state index is 13.7. The number of unbranched alkanes of at least 4 members (excludes halogenated alkanes) is 1. The third-order valence-electron chi connectivity index (χ3n) is 8.14. The van der Waals surface area contributed by atoms with Crippen LogP contribution < -0.4 is 5.32 Å². The minimum absolute atomic E-state index is 0. The van der Waals surface area contributed by atoms with Gasteiger partial charge >= 0.3 is 0 Å². The van der Waals surface area contributed by atoms with Crippen LogP contribution in [0.2, 0.25) is 0 Å². The van der Waals surface area contributed by atoms with Crippen LogP contribution in [0.1, 0.15) is 75.8 Å². The number of nitriles is 1. The summed E-state index contributed by atoms with van der Waals surface area (Å²) in [4.78, 5) is 31.4. The Labute approximate surface area is 215 Å². The minimum Gasteiger partial charge on any atom is -0.390 e. The van der Waals surface area contributed by atoms with Crippen molar-refractivity contribution in [1.29, 1.82) is 5.26 Å². The summed E-state index contributed by atoms with van der Waals surface area (Å²) in [6.07, 6.45) is 7.35. The lowest BCUT2D eigenvalue weighted by molar-refractivity contribution is -0.166. The van der Waals surface area contributed by atoms with Crippen LogP contribution in [-0.2, 0) is 16.1 Å². The summed E-state index contributed by atoms with van der Waals surface area (Å²) in [5.74, 6) is -0.118. The van der Waals surface area contributed by atoms with Gasteiger partial charge in [-0.05, 0) is 55.7 Å². The molecular formula is C27H39ClN4O3. The summed E-state index contributed by atoms with van der Waals surface area (Å²) in [6, 6.07) is 8.94. The molecule has 0 bridgehead atoms. The molecule has 2 saturated heterocycles. The van der Waals surface area contributed by atoms with Crippen molar-refractivity contribution in [2.24, 2.45) is 5.92 Å². The van der Waals surface area contributed by atoms with Gasteiger partial charge in [-0.15, -0.1) is 12.4 Å². The van der Waals surface area contributed by atoms with E-state index in [9.17, 15) is 14.7 Å². The highest BCUT2D eigenvalue weighted by Gasteiger charge is 2.55. The zero-order valence-electron chi connectivity index (χ0n) is 20.7. The maximum Gasteiger partial charge on any atom is 0.248 e. The Morgan fingerprint density at radius 1 is 1.14 bits per heavy atom. The molecule has 3 fully saturated rings.